The predicted octanol–water partition coefficient (Wildman–Crippen LogP) is 2.54. The Bertz CT molecular complexity index is 593. The lowest BCUT2D eigenvalue weighted by Crippen LogP contribution is -2.47. The molecule has 1 aromatic carbocycles. The number of benzene rings is 1. The quantitative estimate of drug-likeness (QED) is 0.669. The number of nitrogens with one attached hydrogen (secondary N) is 1. The number of hydrogen-bond acceptors (Lipinski definition) is 4. The normalized spacial score (nSPS) is 15.0. The van der Waals surface area contributed by atoms with Crippen molar-refractivity contribution >= 4 is 29.2 Å². The second-order valence-corrected chi connectivity index (χ2v) is 6.21. The number of likely N-dealkylation sites (tertiary alicyclic amines) is 1. The predicted molar refractivity (Wildman–Crippen MR) is 96.8 cm³/mol. The maximum Gasteiger partial charge on any atom is 0.309 e. The van der Waals surface area contributed by atoms with Crippen molar-refractivity contribution in [1.82, 2.24) is 10.2 Å². The van der Waals surface area contributed by atoms with Crippen LogP contribution >= 0.6 is 12.2 Å². The van der Waals surface area contributed by atoms with Gasteiger partial charge in [-0.15, -0.1) is 0 Å². The third kappa shape index (κ3) is 4.77. The summed E-state index contributed by atoms with van der Waals surface area (Å²) >= 11 is 5.33. The number of ether oxygens (including phenoxy) is 1. The molecule has 5 nitrogen and oxygen atoms in total. The molecule has 1 N–H and O–H groups in total. The highest BCUT2D eigenvalue weighted by Gasteiger charge is 2.27. The molecular formula is C18H24N2O3S. The largest absolute Gasteiger partial charge is 0.466 e. The van der Waals surface area contributed by atoms with Crippen LogP contribution in [0.4, 0.5) is 0 Å². The second-order valence-electron chi connectivity index (χ2n) is 5.82. The smallest absolute Gasteiger partial charge is 0.309 e. The molecule has 1 saturated heterocycles. The molecule has 0 radical (unpaired) electrons. The molecule has 2 rings (SSSR count). The van der Waals surface area contributed by atoms with Gasteiger partial charge in [-0.2, -0.15) is 0 Å². The van der Waals surface area contributed by atoms with Crippen molar-refractivity contribution in [2.75, 3.05) is 19.7 Å². The molecule has 0 aliphatic carbocycles. The Morgan fingerprint density at radius 3 is 2.38 bits per heavy atom. The molecule has 1 amide bonds. The van der Waals surface area contributed by atoms with E-state index in [9.17, 15) is 9.59 Å². The summed E-state index contributed by atoms with van der Waals surface area (Å²) in [5.41, 5.74) is 1.78. The Labute approximate surface area is 148 Å². The number of rotatable bonds is 4. The van der Waals surface area contributed by atoms with E-state index < -0.39 is 0 Å². The Balaban J connectivity index is 1.84. The third-order valence-electron chi connectivity index (χ3n) is 4.25. The van der Waals surface area contributed by atoms with Gasteiger partial charge in [-0.05, 0) is 56.1 Å². The Morgan fingerprint density at radius 1 is 1.21 bits per heavy atom. The van der Waals surface area contributed by atoms with Crippen LogP contribution in [-0.4, -0.2) is 41.6 Å². The van der Waals surface area contributed by atoms with Gasteiger partial charge < -0.3 is 9.64 Å². The van der Waals surface area contributed by atoms with Crippen molar-refractivity contribution in [3.05, 3.63) is 35.4 Å². The van der Waals surface area contributed by atoms with Crippen molar-refractivity contribution in [2.24, 2.45) is 5.92 Å². The molecule has 1 heterocycles. The average Bonchev–Trinajstić information content (AvgIpc) is 2.62. The first-order chi connectivity index (χ1) is 11.5. The van der Waals surface area contributed by atoms with Crippen molar-refractivity contribution in [3.63, 3.8) is 0 Å². The fourth-order valence-corrected chi connectivity index (χ4v) is 2.99. The SMILES string of the molecule is CCOC(=O)C1CCN(C(=S)NC(=O)c2ccc(CC)cc2)CC1. The van der Waals surface area contributed by atoms with Gasteiger partial charge in [0.1, 0.15) is 0 Å². The van der Waals surface area contributed by atoms with E-state index in [1.807, 2.05) is 36.1 Å². The van der Waals surface area contributed by atoms with E-state index >= 15 is 0 Å². The number of nitrogens with zero attached hydrogens (tertiary/aromatic N) is 1. The van der Waals surface area contributed by atoms with E-state index in [1.54, 1.807) is 0 Å². The molecule has 0 bridgehead atoms. The molecule has 0 atom stereocenters. The Kier molecular flexibility index (Phi) is 6.73. The minimum absolute atomic E-state index is 0.0683. The molecule has 0 saturated carbocycles. The summed E-state index contributed by atoms with van der Waals surface area (Å²) in [6.07, 6.45) is 2.33. The lowest BCUT2D eigenvalue weighted by atomic mass is 9.97. The topological polar surface area (TPSA) is 58.6 Å². The fraction of sp³-hybridized carbons (Fsp3) is 0.500. The summed E-state index contributed by atoms with van der Waals surface area (Å²) in [6.45, 7) is 5.59. The van der Waals surface area contributed by atoms with Gasteiger partial charge in [-0.3, -0.25) is 14.9 Å². The molecular weight excluding hydrogens is 324 g/mol. The zero-order chi connectivity index (χ0) is 17.5. The molecule has 1 aliphatic heterocycles. The minimum atomic E-state index is -0.199. The van der Waals surface area contributed by atoms with E-state index in [-0.39, 0.29) is 17.8 Å². The summed E-state index contributed by atoms with van der Waals surface area (Å²) in [7, 11) is 0. The molecule has 0 aromatic heterocycles. The lowest BCUT2D eigenvalue weighted by Gasteiger charge is -2.32. The maximum absolute atomic E-state index is 12.3. The van der Waals surface area contributed by atoms with Crippen LogP contribution < -0.4 is 5.32 Å². The molecule has 1 fully saturated rings. The van der Waals surface area contributed by atoms with Gasteiger partial charge >= 0.3 is 5.97 Å². The number of aryl methyl sites for hydroxylation is 1. The molecule has 6 heteroatoms. The standard InChI is InChI=1S/C18H24N2O3S/c1-3-13-5-7-14(8-6-13)16(21)19-18(24)20-11-9-15(10-12-20)17(22)23-4-2/h5-8,15H,3-4,9-12H2,1-2H3,(H,19,21,24). The minimum Gasteiger partial charge on any atom is -0.466 e. The van der Waals surface area contributed by atoms with Crippen LogP contribution in [0, 0.1) is 5.92 Å². The second kappa shape index (κ2) is 8.78. The van der Waals surface area contributed by atoms with E-state index in [2.05, 4.69) is 12.2 Å². The summed E-state index contributed by atoms with van der Waals surface area (Å²) in [4.78, 5) is 25.9. The number of thiocarbonyl (C=S) groups is 1. The van der Waals surface area contributed by atoms with Crippen LogP contribution in [0.15, 0.2) is 24.3 Å². The summed E-state index contributed by atoms with van der Waals surface area (Å²) < 4.78 is 5.06. The molecule has 130 valence electrons. The van der Waals surface area contributed by atoms with Crippen molar-refractivity contribution in [1.29, 1.82) is 0 Å². The lowest BCUT2D eigenvalue weighted by molar-refractivity contribution is -0.149. The zero-order valence-corrected chi connectivity index (χ0v) is 15.0. The van der Waals surface area contributed by atoms with Crippen molar-refractivity contribution in [3.8, 4) is 0 Å². The summed E-state index contributed by atoms with van der Waals surface area (Å²) in [5, 5.41) is 3.19. The van der Waals surface area contributed by atoms with Crippen molar-refractivity contribution < 1.29 is 14.3 Å². The summed E-state index contributed by atoms with van der Waals surface area (Å²) in [5.74, 6) is -0.403. The number of carbonyl (C=O) groups is 2. The van der Waals surface area contributed by atoms with Gasteiger partial charge in [0.2, 0.25) is 0 Å². The van der Waals surface area contributed by atoms with E-state index in [1.165, 1.54) is 5.56 Å². The van der Waals surface area contributed by atoms with E-state index in [4.69, 9.17) is 17.0 Å². The molecule has 1 aliphatic rings. The monoisotopic (exact) mass is 348 g/mol. The maximum atomic E-state index is 12.3. The van der Waals surface area contributed by atoms with Gasteiger partial charge in [-0.1, -0.05) is 19.1 Å². The first-order valence-electron chi connectivity index (χ1n) is 8.41. The van der Waals surface area contributed by atoms with Crippen LogP contribution in [0.3, 0.4) is 0 Å². The number of esters is 1. The van der Waals surface area contributed by atoms with Crippen LogP contribution in [0.5, 0.6) is 0 Å². The molecule has 1 aromatic rings. The van der Waals surface area contributed by atoms with Crippen LogP contribution in [0.25, 0.3) is 0 Å². The molecule has 24 heavy (non-hydrogen) atoms. The zero-order valence-electron chi connectivity index (χ0n) is 14.2. The van der Waals surface area contributed by atoms with Gasteiger partial charge in [0.05, 0.1) is 12.5 Å². The third-order valence-corrected chi connectivity index (χ3v) is 4.61. The highest BCUT2D eigenvalue weighted by Crippen LogP contribution is 2.19. The van der Waals surface area contributed by atoms with Crippen LogP contribution in [0.2, 0.25) is 0 Å². The van der Waals surface area contributed by atoms with Gasteiger partial charge in [0.15, 0.2) is 5.11 Å². The number of piperidine rings is 1. The van der Waals surface area contributed by atoms with Crippen molar-refractivity contribution in [2.45, 2.75) is 33.1 Å². The van der Waals surface area contributed by atoms with Crippen LogP contribution in [-0.2, 0) is 16.0 Å². The highest BCUT2D eigenvalue weighted by molar-refractivity contribution is 7.80. The van der Waals surface area contributed by atoms with Gasteiger partial charge in [-0.25, -0.2) is 0 Å². The summed E-state index contributed by atoms with van der Waals surface area (Å²) in [6, 6.07) is 7.51. The fourth-order valence-electron chi connectivity index (χ4n) is 2.72. The Morgan fingerprint density at radius 2 is 1.83 bits per heavy atom. The van der Waals surface area contributed by atoms with Gasteiger partial charge in [0.25, 0.3) is 5.91 Å². The molecule has 0 spiro atoms. The molecule has 0 unspecified atom stereocenters. The van der Waals surface area contributed by atoms with E-state index in [0.29, 0.717) is 43.2 Å². The number of amides is 1. The first-order valence-corrected chi connectivity index (χ1v) is 8.81. The van der Waals surface area contributed by atoms with E-state index in [0.717, 1.165) is 6.42 Å². The number of hydrogen-bond donors (Lipinski definition) is 1. The first kappa shape index (κ1) is 18.4. The van der Waals surface area contributed by atoms with Gasteiger partial charge in [0, 0.05) is 18.7 Å². The average molecular weight is 348 g/mol. The Hall–Kier alpha value is -1.95. The number of carbonyl (C=O) groups excluding carboxylic acids is 2. The highest BCUT2D eigenvalue weighted by atomic mass is 32.1. The van der Waals surface area contributed by atoms with Crippen LogP contribution in [0.1, 0.15) is 42.6 Å².